The molecule has 10 nitrogen and oxygen atoms in total. The summed E-state index contributed by atoms with van der Waals surface area (Å²) in [7, 11) is 0. The first kappa shape index (κ1) is 32.8. The van der Waals surface area contributed by atoms with Gasteiger partial charge in [-0.05, 0) is 115 Å². The van der Waals surface area contributed by atoms with E-state index >= 15 is 0 Å². The Bertz CT molecular complexity index is 1220. The predicted octanol–water partition coefficient (Wildman–Crippen LogP) is 6.15. The lowest BCUT2D eigenvalue weighted by molar-refractivity contribution is -0.121. The lowest BCUT2D eigenvalue weighted by atomic mass is 10.0. The van der Waals surface area contributed by atoms with Crippen molar-refractivity contribution in [1.29, 1.82) is 0 Å². The maximum Gasteiger partial charge on any atom is 0.410 e. The molecule has 2 atom stereocenters. The van der Waals surface area contributed by atoms with Crippen LogP contribution in [-0.4, -0.2) is 70.2 Å². The number of carbonyl (C=O) groups is 4. The van der Waals surface area contributed by atoms with Crippen molar-refractivity contribution < 1.29 is 28.7 Å². The fraction of sp³-hybridized carbons (Fsp3) is 0.529. The first-order chi connectivity index (χ1) is 20.7. The Morgan fingerprint density at radius 3 is 1.30 bits per heavy atom. The zero-order valence-electron chi connectivity index (χ0n) is 26.8. The SMILES string of the molecule is CC(C)(C)OC(=O)N1CCCC1C(=O)Nc1ccc(CCc2ccc(NC(=O)C3CCCN3C(=O)OC(C)(C)C)cc2)cc1. The fourth-order valence-electron chi connectivity index (χ4n) is 5.41. The molecular formula is C34H46N4O6. The summed E-state index contributed by atoms with van der Waals surface area (Å²) in [6, 6.07) is 14.4. The summed E-state index contributed by atoms with van der Waals surface area (Å²) in [6.07, 6.45) is 3.43. The van der Waals surface area contributed by atoms with Crippen LogP contribution in [0.3, 0.4) is 0 Å². The van der Waals surface area contributed by atoms with Gasteiger partial charge in [-0.2, -0.15) is 0 Å². The van der Waals surface area contributed by atoms with Crippen LogP contribution in [0.4, 0.5) is 21.0 Å². The van der Waals surface area contributed by atoms with Crippen molar-refractivity contribution in [2.24, 2.45) is 0 Å². The molecule has 0 bridgehead atoms. The van der Waals surface area contributed by atoms with E-state index in [2.05, 4.69) is 10.6 Å². The Morgan fingerprint density at radius 1 is 0.636 bits per heavy atom. The van der Waals surface area contributed by atoms with E-state index in [1.54, 1.807) is 0 Å². The smallest absolute Gasteiger partial charge is 0.410 e. The van der Waals surface area contributed by atoms with Gasteiger partial charge in [0.15, 0.2) is 0 Å². The quantitative estimate of drug-likeness (QED) is 0.391. The van der Waals surface area contributed by atoms with Gasteiger partial charge in [0.2, 0.25) is 11.8 Å². The van der Waals surface area contributed by atoms with Crippen molar-refractivity contribution in [2.75, 3.05) is 23.7 Å². The average molecular weight is 607 g/mol. The Labute approximate surface area is 260 Å². The molecule has 0 aliphatic carbocycles. The number of aryl methyl sites for hydroxylation is 2. The van der Waals surface area contributed by atoms with Crippen LogP contribution in [0.25, 0.3) is 0 Å². The third-order valence-corrected chi connectivity index (χ3v) is 7.51. The number of anilines is 2. The normalized spacial score (nSPS) is 18.6. The van der Waals surface area contributed by atoms with E-state index in [-0.39, 0.29) is 11.8 Å². The number of amides is 4. The van der Waals surface area contributed by atoms with Crippen LogP contribution in [0.15, 0.2) is 48.5 Å². The second-order valence-electron chi connectivity index (χ2n) is 13.5. The fourth-order valence-corrected chi connectivity index (χ4v) is 5.41. The minimum absolute atomic E-state index is 0.209. The summed E-state index contributed by atoms with van der Waals surface area (Å²) >= 11 is 0. The van der Waals surface area contributed by atoms with E-state index in [0.717, 1.165) is 36.8 Å². The number of nitrogens with one attached hydrogen (secondary N) is 2. The van der Waals surface area contributed by atoms with Gasteiger partial charge in [-0.1, -0.05) is 24.3 Å². The van der Waals surface area contributed by atoms with Gasteiger partial charge >= 0.3 is 12.2 Å². The molecule has 10 heteroatoms. The first-order valence-corrected chi connectivity index (χ1v) is 15.5. The van der Waals surface area contributed by atoms with Gasteiger partial charge in [0.25, 0.3) is 0 Å². The Kier molecular flexibility index (Phi) is 10.2. The highest BCUT2D eigenvalue weighted by molar-refractivity contribution is 5.97. The monoisotopic (exact) mass is 606 g/mol. The number of nitrogens with zero attached hydrogens (tertiary/aromatic N) is 2. The molecule has 4 rings (SSSR count). The van der Waals surface area contributed by atoms with E-state index in [1.165, 1.54) is 9.80 Å². The molecule has 4 amide bonds. The molecule has 0 aromatic heterocycles. The second kappa shape index (κ2) is 13.7. The van der Waals surface area contributed by atoms with E-state index in [4.69, 9.17) is 9.47 Å². The van der Waals surface area contributed by atoms with Gasteiger partial charge in [-0.25, -0.2) is 9.59 Å². The van der Waals surface area contributed by atoms with Crippen LogP contribution < -0.4 is 10.6 Å². The molecule has 0 saturated carbocycles. The molecule has 2 heterocycles. The van der Waals surface area contributed by atoms with Crippen LogP contribution in [0.1, 0.15) is 78.4 Å². The molecule has 44 heavy (non-hydrogen) atoms. The maximum absolute atomic E-state index is 12.9. The summed E-state index contributed by atoms with van der Waals surface area (Å²) in [5.41, 5.74) is 2.39. The van der Waals surface area contributed by atoms with Crippen LogP contribution in [0, 0.1) is 0 Å². The molecular weight excluding hydrogens is 560 g/mol. The summed E-state index contributed by atoms with van der Waals surface area (Å²) < 4.78 is 10.9. The Hall–Kier alpha value is -4.08. The third-order valence-electron chi connectivity index (χ3n) is 7.51. The number of carbonyl (C=O) groups excluding carboxylic acids is 4. The summed E-state index contributed by atoms with van der Waals surface area (Å²) in [5.74, 6) is -0.419. The number of benzene rings is 2. The molecule has 2 saturated heterocycles. The van der Waals surface area contributed by atoms with E-state index < -0.39 is 35.5 Å². The zero-order valence-corrected chi connectivity index (χ0v) is 26.8. The molecule has 238 valence electrons. The standard InChI is InChI=1S/C34H46N4O6/c1-33(2,3)43-31(41)37-21-7-9-27(37)29(39)35-25-17-13-23(14-18-25)11-12-24-15-19-26(20-16-24)36-30(40)28-10-8-22-38(28)32(42)44-34(4,5)6/h13-20,27-28H,7-12,21-22H2,1-6H3,(H,35,39)(H,36,40). The van der Waals surface area contributed by atoms with Crippen molar-refractivity contribution in [3.05, 3.63) is 59.7 Å². The zero-order chi connectivity index (χ0) is 32.1. The summed E-state index contributed by atoms with van der Waals surface area (Å²) in [6.45, 7) is 11.9. The van der Waals surface area contributed by atoms with E-state index in [0.29, 0.717) is 37.3 Å². The Balaban J connectivity index is 1.24. The van der Waals surface area contributed by atoms with Crippen molar-refractivity contribution in [3.8, 4) is 0 Å². The summed E-state index contributed by atoms with van der Waals surface area (Å²) in [4.78, 5) is 54.0. The first-order valence-electron chi connectivity index (χ1n) is 15.5. The highest BCUT2D eigenvalue weighted by Gasteiger charge is 2.37. The van der Waals surface area contributed by atoms with Crippen LogP contribution >= 0.6 is 0 Å². The molecule has 2 N–H and O–H groups in total. The molecule has 2 aliphatic rings. The van der Waals surface area contributed by atoms with Crippen molar-refractivity contribution >= 4 is 35.4 Å². The molecule has 2 aliphatic heterocycles. The maximum atomic E-state index is 12.9. The van der Waals surface area contributed by atoms with Gasteiger partial charge in [0.05, 0.1) is 0 Å². The number of hydrogen-bond donors (Lipinski definition) is 2. The predicted molar refractivity (Wildman–Crippen MR) is 169 cm³/mol. The van der Waals surface area contributed by atoms with Gasteiger partial charge < -0.3 is 20.1 Å². The number of rotatable bonds is 7. The largest absolute Gasteiger partial charge is 0.444 e. The lowest BCUT2D eigenvalue weighted by Gasteiger charge is -2.28. The number of ether oxygens (including phenoxy) is 2. The average Bonchev–Trinajstić information content (AvgIpc) is 3.62. The second-order valence-corrected chi connectivity index (χ2v) is 13.5. The highest BCUT2D eigenvalue weighted by Crippen LogP contribution is 2.24. The van der Waals surface area contributed by atoms with Crippen molar-refractivity contribution in [3.63, 3.8) is 0 Å². The topological polar surface area (TPSA) is 117 Å². The third kappa shape index (κ3) is 9.21. The number of likely N-dealkylation sites (tertiary alicyclic amines) is 2. The molecule has 0 spiro atoms. The van der Waals surface area contributed by atoms with Gasteiger partial charge in [-0.3, -0.25) is 19.4 Å². The molecule has 2 fully saturated rings. The van der Waals surface area contributed by atoms with E-state index in [1.807, 2.05) is 90.1 Å². The van der Waals surface area contributed by atoms with E-state index in [9.17, 15) is 19.2 Å². The van der Waals surface area contributed by atoms with Crippen LogP contribution in [0.2, 0.25) is 0 Å². The number of hydrogen-bond acceptors (Lipinski definition) is 6. The lowest BCUT2D eigenvalue weighted by Crippen LogP contribution is -2.45. The van der Waals surface area contributed by atoms with Gasteiger partial charge in [0.1, 0.15) is 23.3 Å². The van der Waals surface area contributed by atoms with Gasteiger partial charge in [-0.15, -0.1) is 0 Å². The molecule has 2 unspecified atom stereocenters. The Morgan fingerprint density at radius 2 is 0.977 bits per heavy atom. The van der Waals surface area contributed by atoms with Crippen molar-refractivity contribution in [2.45, 2.75) is 103 Å². The van der Waals surface area contributed by atoms with Gasteiger partial charge in [0, 0.05) is 24.5 Å². The van der Waals surface area contributed by atoms with Crippen LogP contribution in [0.5, 0.6) is 0 Å². The minimum Gasteiger partial charge on any atom is -0.444 e. The molecule has 0 radical (unpaired) electrons. The molecule has 2 aromatic carbocycles. The van der Waals surface area contributed by atoms with Crippen LogP contribution in [-0.2, 0) is 31.9 Å². The summed E-state index contributed by atoms with van der Waals surface area (Å²) in [5, 5.41) is 5.88. The molecule has 2 aromatic rings. The minimum atomic E-state index is -0.614. The van der Waals surface area contributed by atoms with Crippen molar-refractivity contribution in [1.82, 2.24) is 9.80 Å². The highest BCUT2D eigenvalue weighted by atomic mass is 16.6.